The minimum atomic E-state index is -0.532. The molecule has 0 fully saturated rings. The molecule has 19 heavy (non-hydrogen) atoms. The van der Waals surface area contributed by atoms with E-state index in [0.29, 0.717) is 5.88 Å². The highest BCUT2D eigenvalue weighted by molar-refractivity contribution is 5.89. The summed E-state index contributed by atoms with van der Waals surface area (Å²) in [4.78, 5) is 24.3. The van der Waals surface area contributed by atoms with Crippen molar-refractivity contribution in [2.75, 3.05) is 25.2 Å². The minimum absolute atomic E-state index is 0.222. The van der Waals surface area contributed by atoms with E-state index in [1.165, 1.54) is 18.3 Å². The topological polar surface area (TPSA) is 69.0 Å². The molecule has 0 radical (unpaired) electrons. The van der Waals surface area contributed by atoms with Crippen LogP contribution in [-0.4, -0.2) is 32.3 Å². The Balaban J connectivity index is 2.68. The molecule has 0 atom stereocenters. The first kappa shape index (κ1) is 14.8. The maximum Gasteiger partial charge on any atom is 0.416 e. The lowest BCUT2D eigenvalue weighted by Gasteiger charge is -2.19. The highest BCUT2D eigenvalue weighted by Gasteiger charge is 2.20. The molecule has 0 aliphatic heterocycles. The third kappa shape index (κ3) is 4.17. The predicted octanol–water partition coefficient (Wildman–Crippen LogP) is 2.36. The highest BCUT2D eigenvalue weighted by atomic mass is 16.6. The summed E-state index contributed by atoms with van der Waals surface area (Å²) >= 11 is 0. The van der Waals surface area contributed by atoms with Gasteiger partial charge >= 0.3 is 12.1 Å². The van der Waals surface area contributed by atoms with Crippen LogP contribution in [-0.2, 0) is 14.3 Å². The van der Waals surface area contributed by atoms with Gasteiger partial charge < -0.3 is 13.9 Å². The second-order valence-corrected chi connectivity index (χ2v) is 3.65. The van der Waals surface area contributed by atoms with Crippen molar-refractivity contribution in [1.82, 2.24) is 0 Å². The van der Waals surface area contributed by atoms with Crippen molar-refractivity contribution >= 4 is 17.9 Å². The summed E-state index contributed by atoms with van der Waals surface area (Å²) in [5.74, 6) is -0.139. The lowest BCUT2D eigenvalue weighted by Crippen LogP contribution is -2.32. The normalized spacial score (nSPS) is 9.79. The zero-order valence-corrected chi connectivity index (χ0v) is 11.0. The van der Waals surface area contributed by atoms with Crippen LogP contribution in [0.25, 0.3) is 0 Å². The molecule has 0 spiro atoms. The van der Waals surface area contributed by atoms with Crippen molar-refractivity contribution in [3.63, 3.8) is 0 Å². The summed E-state index contributed by atoms with van der Waals surface area (Å²) in [6, 6.07) is 3.30. The number of esters is 1. The van der Waals surface area contributed by atoms with Crippen molar-refractivity contribution in [2.24, 2.45) is 0 Å². The van der Waals surface area contributed by atoms with Gasteiger partial charge in [-0.15, -0.1) is 0 Å². The molecule has 0 aliphatic rings. The Morgan fingerprint density at radius 3 is 2.74 bits per heavy atom. The van der Waals surface area contributed by atoms with Gasteiger partial charge in [0.25, 0.3) is 0 Å². The number of furan rings is 1. The van der Waals surface area contributed by atoms with Crippen LogP contribution in [0.2, 0.25) is 0 Å². The smallest absolute Gasteiger partial charge is 0.416 e. The van der Waals surface area contributed by atoms with E-state index in [4.69, 9.17) is 9.15 Å². The fourth-order valence-corrected chi connectivity index (χ4v) is 1.41. The summed E-state index contributed by atoms with van der Waals surface area (Å²) in [7, 11) is 1.28. The molecule has 1 rings (SSSR count). The van der Waals surface area contributed by atoms with E-state index >= 15 is 0 Å². The van der Waals surface area contributed by atoms with Gasteiger partial charge in [-0.3, -0.25) is 0 Å². The van der Waals surface area contributed by atoms with E-state index in [9.17, 15) is 9.59 Å². The maximum absolute atomic E-state index is 11.8. The number of carbonyl (C=O) groups is 2. The second-order valence-electron chi connectivity index (χ2n) is 3.65. The Morgan fingerprint density at radius 2 is 2.21 bits per heavy atom. The zero-order valence-electron chi connectivity index (χ0n) is 11.0. The SMILES string of the molecule is C=C(CCN(C(=O)OCC)c1ccco1)C(=O)OC. The molecule has 0 saturated heterocycles. The van der Waals surface area contributed by atoms with Crippen molar-refractivity contribution in [1.29, 1.82) is 0 Å². The van der Waals surface area contributed by atoms with Gasteiger partial charge in [0.1, 0.15) is 0 Å². The summed E-state index contributed by atoms with van der Waals surface area (Å²) in [5, 5.41) is 0. The molecule has 0 N–H and O–H groups in total. The third-order valence-corrected chi connectivity index (χ3v) is 2.37. The van der Waals surface area contributed by atoms with E-state index in [1.807, 2.05) is 0 Å². The molecule has 0 unspecified atom stereocenters. The highest BCUT2D eigenvalue weighted by Crippen LogP contribution is 2.17. The lowest BCUT2D eigenvalue weighted by molar-refractivity contribution is -0.136. The Morgan fingerprint density at radius 1 is 1.47 bits per heavy atom. The fraction of sp³-hybridized carbons (Fsp3) is 0.385. The van der Waals surface area contributed by atoms with Crippen molar-refractivity contribution in [2.45, 2.75) is 13.3 Å². The van der Waals surface area contributed by atoms with Crippen LogP contribution in [0.5, 0.6) is 0 Å². The molecule has 0 bridgehead atoms. The number of methoxy groups -OCH3 is 1. The van der Waals surface area contributed by atoms with Crippen LogP contribution in [0.4, 0.5) is 10.7 Å². The summed E-state index contributed by atoms with van der Waals surface area (Å²) in [6.07, 6.45) is 1.19. The largest absolute Gasteiger partial charge is 0.466 e. The molecule has 104 valence electrons. The van der Waals surface area contributed by atoms with Gasteiger partial charge in [0.15, 0.2) is 0 Å². The van der Waals surface area contributed by atoms with Gasteiger partial charge in [-0.25, -0.2) is 14.5 Å². The molecule has 1 amide bonds. The fourth-order valence-electron chi connectivity index (χ4n) is 1.41. The molecule has 1 aromatic heterocycles. The summed E-state index contributed by atoms with van der Waals surface area (Å²) in [5.41, 5.74) is 0.281. The molecule has 1 aromatic rings. The first-order valence-electron chi connectivity index (χ1n) is 5.84. The van der Waals surface area contributed by atoms with Crippen molar-refractivity contribution in [3.05, 3.63) is 30.5 Å². The van der Waals surface area contributed by atoms with E-state index in [2.05, 4.69) is 11.3 Å². The molecule has 6 nitrogen and oxygen atoms in total. The van der Waals surface area contributed by atoms with Crippen LogP contribution in [0.1, 0.15) is 13.3 Å². The molecule has 0 aliphatic carbocycles. The standard InChI is InChI=1S/C13H17NO5/c1-4-18-13(16)14(11-6-5-9-19-11)8-7-10(2)12(15)17-3/h5-6,9H,2,4,7-8H2,1,3H3. The monoisotopic (exact) mass is 267 g/mol. The van der Waals surface area contributed by atoms with Crippen molar-refractivity contribution < 1.29 is 23.5 Å². The Hall–Kier alpha value is -2.24. The van der Waals surface area contributed by atoms with Gasteiger partial charge in [0.05, 0.1) is 20.0 Å². The molecular weight excluding hydrogens is 250 g/mol. The first-order chi connectivity index (χ1) is 9.10. The van der Waals surface area contributed by atoms with Crippen LogP contribution < -0.4 is 4.90 Å². The Kier molecular flexibility index (Phi) is 5.66. The average Bonchev–Trinajstić information content (AvgIpc) is 2.92. The number of carbonyl (C=O) groups excluding carboxylic acids is 2. The quantitative estimate of drug-likeness (QED) is 0.584. The van der Waals surface area contributed by atoms with Crippen LogP contribution in [0.15, 0.2) is 35.0 Å². The van der Waals surface area contributed by atoms with E-state index < -0.39 is 12.1 Å². The maximum atomic E-state index is 11.8. The van der Waals surface area contributed by atoms with E-state index in [1.54, 1.807) is 19.1 Å². The van der Waals surface area contributed by atoms with Gasteiger partial charge in [-0.05, 0) is 19.4 Å². The lowest BCUT2D eigenvalue weighted by atomic mass is 10.2. The number of rotatable bonds is 6. The molecule has 1 heterocycles. The zero-order chi connectivity index (χ0) is 14.3. The van der Waals surface area contributed by atoms with Crippen LogP contribution in [0.3, 0.4) is 0 Å². The number of anilines is 1. The minimum Gasteiger partial charge on any atom is -0.466 e. The van der Waals surface area contributed by atoms with Crippen molar-refractivity contribution in [3.8, 4) is 0 Å². The van der Waals surface area contributed by atoms with Gasteiger partial charge in [-0.1, -0.05) is 6.58 Å². The first-order valence-corrected chi connectivity index (χ1v) is 5.84. The number of amides is 1. The number of hydrogen-bond donors (Lipinski definition) is 0. The number of ether oxygens (including phenoxy) is 2. The third-order valence-electron chi connectivity index (χ3n) is 2.37. The Bertz CT molecular complexity index is 438. The molecular formula is C13H17NO5. The molecule has 0 saturated carbocycles. The van der Waals surface area contributed by atoms with E-state index in [0.717, 1.165) is 0 Å². The number of nitrogens with zero attached hydrogens (tertiary/aromatic N) is 1. The Labute approximate surface area is 111 Å². The molecule has 6 heteroatoms. The predicted molar refractivity (Wildman–Crippen MR) is 68.8 cm³/mol. The average molecular weight is 267 g/mol. The van der Waals surface area contributed by atoms with Gasteiger partial charge in [0, 0.05) is 18.2 Å². The van der Waals surface area contributed by atoms with Gasteiger partial charge in [-0.2, -0.15) is 0 Å². The molecule has 0 aromatic carbocycles. The second kappa shape index (κ2) is 7.25. The summed E-state index contributed by atoms with van der Waals surface area (Å²) < 4.78 is 14.6. The van der Waals surface area contributed by atoms with E-state index in [-0.39, 0.29) is 25.1 Å². The summed E-state index contributed by atoms with van der Waals surface area (Å²) in [6.45, 7) is 5.79. The van der Waals surface area contributed by atoms with Crippen LogP contribution in [0, 0.1) is 0 Å². The van der Waals surface area contributed by atoms with Crippen LogP contribution >= 0.6 is 0 Å². The number of hydrogen-bond acceptors (Lipinski definition) is 5. The van der Waals surface area contributed by atoms with Gasteiger partial charge in [0.2, 0.25) is 5.88 Å².